The van der Waals surface area contributed by atoms with E-state index in [1.165, 1.54) is 6.42 Å². The number of fused-ring (bicyclic) bond motifs is 1. The van der Waals surface area contributed by atoms with Gasteiger partial charge in [0.05, 0.1) is 11.0 Å². The van der Waals surface area contributed by atoms with Crippen LogP contribution in [0.5, 0.6) is 0 Å². The number of para-hydroxylation sites is 2. The van der Waals surface area contributed by atoms with E-state index >= 15 is 0 Å². The van der Waals surface area contributed by atoms with Crippen LogP contribution in [-0.4, -0.2) is 16.2 Å². The van der Waals surface area contributed by atoms with Gasteiger partial charge in [0.1, 0.15) is 0 Å². The summed E-state index contributed by atoms with van der Waals surface area (Å²) in [6, 6.07) is 7.95. The minimum Gasteiger partial charge on any atom is -0.323 e. The van der Waals surface area contributed by atoms with Crippen LogP contribution >= 0.6 is 0 Å². The van der Waals surface area contributed by atoms with Crippen LogP contribution in [-0.2, 0) is 0 Å². The molecule has 3 rings (SSSR count). The van der Waals surface area contributed by atoms with Crippen LogP contribution in [0.25, 0.3) is 11.0 Å². The number of aromatic amines is 1. The number of rotatable bonds is 3. The Morgan fingerprint density at radius 1 is 1.33 bits per heavy atom. The Bertz CT molecular complexity index is 549. The molecule has 18 heavy (non-hydrogen) atoms. The summed E-state index contributed by atoms with van der Waals surface area (Å²) in [4.78, 5) is 7.58. The van der Waals surface area contributed by atoms with E-state index in [0.29, 0.717) is 11.9 Å². The van der Waals surface area contributed by atoms with Gasteiger partial charge in [0.15, 0.2) is 0 Å². The summed E-state index contributed by atoms with van der Waals surface area (Å²) >= 11 is 0. The average Bonchev–Trinajstić information content (AvgIpc) is 2.82. The Hall–Kier alpha value is -2.10. The number of allylic oxidation sites excluding steroid dienone is 2. The molecule has 1 aliphatic rings. The largest absolute Gasteiger partial charge is 0.323 e. The molecule has 4 nitrogen and oxygen atoms in total. The highest BCUT2D eigenvalue weighted by Gasteiger charge is 2.06. The van der Waals surface area contributed by atoms with Gasteiger partial charge in [-0.3, -0.25) is 0 Å². The molecular weight excluding hydrogens is 224 g/mol. The van der Waals surface area contributed by atoms with Gasteiger partial charge in [0.25, 0.3) is 0 Å². The molecule has 0 aliphatic heterocycles. The molecule has 0 saturated heterocycles. The molecule has 1 atom stereocenters. The predicted octanol–water partition coefficient (Wildman–Crippen LogP) is 3.32. The molecule has 0 radical (unpaired) electrons. The molecule has 0 amide bonds. The standard InChI is InChI=1S/C14H16N4/c1-2-6-11(7-3-1)10-15-18-14-16-12-8-4-5-9-13(12)17-14/h1-2,4-5,8-11H,3,6-7H2,(H2,16,17,18)/b15-10+. The van der Waals surface area contributed by atoms with Crippen molar-refractivity contribution in [1.82, 2.24) is 9.97 Å². The SMILES string of the molecule is C1=CCC(/C=N/Nc2nc3ccccc3[nH]2)CC1. The molecule has 1 heterocycles. The molecule has 0 fully saturated rings. The number of aromatic nitrogens is 2. The van der Waals surface area contributed by atoms with Crippen molar-refractivity contribution in [3.8, 4) is 0 Å². The van der Waals surface area contributed by atoms with Gasteiger partial charge >= 0.3 is 0 Å². The highest BCUT2D eigenvalue weighted by atomic mass is 15.3. The van der Waals surface area contributed by atoms with E-state index < -0.39 is 0 Å². The van der Waals surface area contributed by atoms with E-state index in [2.05, 4.69) is 32.6 Å². The second-order valence-corrected chi connectivity index (χ2v) is 4.54. The highest BCUT2D eigenvalue weighted by Crippen LogP contribution is 2.16. The zero-order valence-corrected chi connectivity index (χ0v) is 10.1. The van der Waals surface area contributed by atoms with E-state index in [-0.39, 0.29) is 0 Å². The van der Waals surface area contributed by atoms with E-state index in [4.69, 9.17) is 0 Å². The van der Waals surface area contributed by atoms with Crippen LogP contribution in [0.3, 0.4) is 0 Å². The minimum absolute atomic E-state index is 0.548. The van der Waals surface area contributed by atoms with Gasteiger partial charge in [-0.15, -0.1) is 0 Å². The summed E-state index contributed by atoms with van der Waals surface area (Å²) in [6.45, 7) is 0. The third-order valence-corrected chi connectivity index (χ3v) is 3.15. The van der Waals surface area contributed by atoms with E-state index in [1.807, 2.05) is 30.5 Å². The lowest BCUT2D eigenvalue weighted by Gasteiger charge is -2.11. The lowest BCUT2D eigenvalue weighted by Crippen LogP contribution is -2.05. The lowest BCUT2D eigenvalue weighted by atomic mass is 9.96. The summed E-state index contributed by atoms with van der Waals surface area (Å²) in [6.07, 6.45) is 9.86. The number of hydrogen-bond acceptors (Lipinski definition) is 3. The molecule has 0 saturated carbocycles. The van der Waals surface area contributed by atoms with Crippen molar-refractivity contribution in [3.05, 3.63) is 36.4 Å². The number of hydrazone groups is 1. The Balaban J connectivity index is 1.65. The molecule has 4 heteroatoms. The topological polar surface area (TPSA) is 53.1 Å². The van der Waals surface area contributed by atoms with Gasteiger partial charge < -0.3 is 4.98 Å². The monoisotopic (exact) mass is 240 g/mol. The first-order chi connectivity index (χ1) is 8.92. The molecule has 0 spiro atoms. The van der Waals surface area contributed by atoms with Gasteiger partial charge in [-0.1, -0.05) is 24.3 Å². The van der Waals surface area contributed by atoms with Crippen molar-refractivity contribution in [2.24, 2.45) is 11.0 Å². The van der Waals surface area contributed by atoms with Crippen molar-refractivity contribution in [1.29, 1.82) is 0 Å². The molecule has 1 aromatic carbocycles. The third-order valence-electron chi connectivity index (χ3n) is 3.15. The van der Waals surface area contributed by atoms with Gasteiger partial charge in [-0.05, 0) is 37.3 Å². The quantitative estimate of drug-likeness (QED) is 0.491. The first-order valence-corrected chi connectivity index (χ1v) is 6.31. The first-order valence-electron chi connectivity index (χ1n) is 6.31. The summed E-state index contributed by atoms with van der Waals surface area (Å²) < 4.78 is 0. The predicted molar refractivity (Wildman–Crippen MR) is 74.7 cm³/mol. The number of hydrogen-bond donors (Lipinski definition) is 2. The van der Waals surface area contributed by atoms with Gasteiger partial charge in [0.2, 0.25) is 5.95 Å². The number of nitrogens with zero attached hydrogens (tertiary/aromatic N) is 2. The van der Waals surface area contributed by atoms with Crippen LogP contribution in [0.2, 0.25) is 0 Å². The Labute approximate surface area is 106 Å². The minimum atomic E-state index is 0.548. The van der Waals surface area contributed by atoms with Crippen molar-refractivity contribution in [3.63, 3.8) is 0 Å². The number of H-pyrrole nitrogens is 1. The maximum Gasteiger partial charge on any atom is 0.222 e. The van der Waals surface area contributed by atoms with E-state index in [9.17, 15) is 0 Å². The zero-order valence-electron chi connectivity index (χ0n) is 10.1. The maximum absolute atomic E-state index is 4.40. The van der Waals surface area contributed by atoms with Crippen molar-refractivity contribution >= 4 is 23.2 Å². The molecule has 2 aromatic rings. The third kappa shape index (κ3) is 2.42. The number of nitrogens with one attached hydrogen (secondary N) is 2. The normalized spacial score (nSPS) is 19.7. The smallest absolute Gasteiger partial charge is 0.222 e. The molecule has 1 aromatic heterocycles. The molecule has 2 N–H and O–H groups in total. The summed E-state index contributed by atoms with van der Waals surface area (Å²) in [5.74, 6) is 1.24. The van der Waals surface area contributed by atoms with Crippen molar-refractivity contribution in [2.75, 3.05) is 5.43 Å². The molecule has 1 unspecified atom stereocenters. The fourth-order valence-electron chi connectivity index (χ4n) is 2.16. The first kappa shape index (κ1) is 11.0. The second-order valence-electron chi connectivity index (χ2n) is 4.54. The van der Waals surface area contributed by atoms with Crippen LogP contribution in [0, 0.1) is 5.92 Å². The van der Waals surface area contributed by atoms with Crippen LogP contribution < -0.4 is 5.43 Å². The second kappa shape index (κ2) is 5.04. The van der Waals surface area contributed by atoms with E-state index in [1.54, 1.807) is 0 Å². The van der Waals surface area contributed by atoms with Gasteiger partial charge in [-0.25, -0.2) is 10.4 Å². The Morgan fingerprint density at radius 2 is 2.28 bits per heavy atom. The average molecular weight is 240 g/mol. The number of imidazole rings is 1. The lowest BCUT2D eigenvalue weighted by molar-refractivity contribution is 0.627. The van der Waals surface area contributed by atoms with Crippen LogP contribution in [0.15, 0.2) is 41.5 Å². The Kier molecular flexibility index (Phi) is 3.08. The Morgan fingerprint density at radius 3 is 3.11 bits per heavy atom. The summed E-state index contributed by atoms with van der Waals surface area (Å²) in [5, 5.41) is 4.26. The van der Waals surface area contributed by atoms with Crippen LogP contribution in [0.1, 0.15) is 19.3 Å². The van der Waals surface area contributed by atoms with Crippen LogP contribution in [0.4, 0.5) is 5.95 Å². The van der Waals surface area contributed by atoms with Gasteiger partial charge in [0, 0.05) is 6.21 Å². The summed E-state index contributed by atoms with van der Waals surface area (Å²) in [7, 11) is 0. The van der Waals surface area contributed by atoms with Crippen molar-refractivity contribution in [2.45, 2.75) is 19.3 Å². The maximum atomic E-state index is 4.40. The molecular formula is C14H16N4. The van der Waals surface area contributed by atoms with Crippen molar-refractivity contribution < 1.29 is 0 Å². The van der Waals surface area contributed by atoms with E-state index in [0.717, 1.165) is 23.9 Å². The number of anilines is 1. The molecule has 1 aliphatic carbocycles. The molecule has 0 bridgehead atoms. The highest BCUT2D eigenvalue weighted by molar-refractivity contribution is 5.77. The van der Waals surface area contributed by atoms with Gasteiger partial charge in [-0.2, -0.15) is 5.10 Å². The summed E-state index contributed by atoms with van der Waals surface area (Å²) in [5.41, 5.74) is 4.94. The fraction of sp³-hybridized carbons (Fsp3) is 0.286. The fourth-order valence-corrected chi connectivity index (χ4v) is 2.16. The molecule has 92 valence electrons. The number of benzene rings is 1. The zero-order chi connectivity index (χ0) is 12.2.